The van der Waals surface area contributed by atoms with E-state index in [2.05, 4.69) is 4.94 Å². The van der Waals surface area contributed by atoms with E-state index >= 15 is 0 Å². The van der Waals surface area contributed by atoms with Crippen molar-refractivity contribution in [2.24, 2.45) is 0 Å². The predicted octanol–water partition coefficient (Wildman–Crippen LogP) is -3.45. The number of rotatable bonds is 4. The molecule has 0 aliphatic rings. The third kappa shape index (κ3) is 4.22. The van der Waals surface area contributed by atoms with Gasteiger partial charge < -0.3 is 10.4 Å². The lowest BCUT2D eigenvalue weighted by Crippen LogP contribution is -3.30. The van der Waals surface area contributed by atoms with Gasteiger partial charge in [-0.05, 0) is 0 Å². The molecule has 0 heterocycles. The van der Waals surface area contributed by atoms with E-state index in [0.717, 1.165) is 0 Å². The maximum atomic E-state index is 10.7. The Morgan fingerprint density at radius 3 is 1.36 bits per heavy atom. The zero-order valence-corrected chi connectivity index (χ0v) is 7.12. The minimum absolute atomic E-state index is 0.663. The summed E-state index contributed by atoms with van der Waals surface area (Å²) < 4.78 is 0. The van der Waals surface area contributed by atoms with Crippen LogP contribution < -0.4 is 10.7 Å². The monoisotopic (exact) mass is 166 g/mol. The lowest BCUT2D eigenvalue weighted by Gasteiger charge is -2.29. The van der Waals surface area contributed by atoms with Crippen molar-refractivity contribution in [2.45, 2.75) is 0 Å². The van der Waals surface area contributed by atoms with Gasteiger partial charge in [0.05, 0.1) is 0 Å². The molecule has 0 spiro atoms. The van der Waals surface area contributed by atoms with E-state index in [1.54, 1.807) is 0 Å². The Hall–Kier alpha value is -0.280. The molecule has 0 bridgehead atoms. The Morgan fingerprint density at radius 1 is 0.909 bits per heavy atom. The van der Waals surface area contributed by atoms with Crippen molar-refractivity contribution >= 4 is 0 Å². The van der Waals surface area contributed by atoms with Gasteiger partial charge in [0.25, 0.3) is 0 Å². The van der Waals surface area contributed by atoms with Gasteiger partial charge in [0.1, 0.15) is 0 Å². The van der Waals surface area contributed by atoms with E-state index in [1.165, 1.54) is 38.2 Å². The maximum Gasteiger partial charge on any atom is 0.0398 e. The van der Waals surface area contributed by atoms with Crippen LogP contribution in [0.5, 0.6) is 0 Å². The van der Waals surface area contributed by atoms with Crippen molar-refractivity contribution < 1.29 is 15.6 Å². The molecule has 0 saturated heterocycles. The molecule has 0 aromatic carbocycles. The number of hydrogen-bond donors (Lipinski definition) is 2. The van der Waals surface area contributed by atoms with Crippen LogP contribution in [0, 0.1) is 10.4 Å². The van der Waals surface area contributed by atoms with Crippen LogP contribution in [0.3, 0.4) is 0 Å². The van der Waals surface area contributed by atoms with Crippen molar-refractivity contribution in [3.05, 3.63) is 10.4 Å². The molecule has 11 heavy (non-hydrogen) atoms. The van der Waals surface area contributed by atoms with E-state index in [1.807, 2.05) is 0 Å². The van der Waals surface area contributed by atoms with E-state index in [-0.39, 0.29) is 0 Å². The topological polar surface area (TPSA) is 70.7 Å². The lowest BCUT2D eigenvalue weighted by molar-refractivity contribution is -1.38. The highest BCUT2D eigenvalue weighted by Gasteiger charge is 2.09. The summed E-state index contributed by atoms with van der Waals surface area (Å²) in [7, 11) is 6.02. The Balaban J connectivity index is 3.66. The van der Waals surface area contributed by atoms with Crippen molar-refractivity contribution in [1.82, 2.24) is 10.0 Å². The highest BCUT2D eigenvalue weighted by molar-refractivity contribution is 4.01. The third-order valence-electron chi connectivity index (χ3n) is 0.905. The minimum atomic E-state index is -0.663. The minimum Gasteiger partial charge on any atom is -0.575 e. The molecule has 0 rings (SSSR count). The fourth-order valence-electron chi connectivity index (χ4n) is 0.257. The van der Waals surface area contributed by atoms with Crippen LogP contribution in [-0.4, -0.2) is 38.2 Å². The zero-order chi connectivity index (χ0) is 9.02. The van der Waals surface area contributed by atoms with Gasteiger partial charge in [-0.25, -0.2) is 0 Å². The van der Waals surface area contributed by atoms with Gasteiger partial charge in [-0.2, -0.15) is 0 Å². The summed E-state index contributed by atoms with van der Waals surface area (Å²) in [4.78, 5) is 4.35. The van der Waals surface area contributed by atoms with E-state index in [4.69, 9.17) is 0 Å². The summed E-state index contributed by atoms with van der Waals surface area (Å²) in [5, 5.41) is 22.5. The van der Waals surface area contributed by atoms with Crippen molar-refractivity contribution in [2.75, 3.05) is 28.2 Å². The average Bonchev–Trinajstić information content (AvgIpc) is 1.87. The normalized spacial score (nSPS) is 17.5. The number of quaternary nitrogens is 2. The first-order valence-electron chi connectivity index (χ1n) is 3.05. The molecule has 2 unspecified atom stereocenters. The van der Waals surface area contributed by atoms with Crippen molar-refractivity contribution in [1.29, 1.82) is 0 Å². The first-order valence-corrected chi connectivity index (χ1v) is 3.05. The Kier molecular flexibility index (Phi) is 4.45. The SMILES string of the molecule is CN(C)[NH+]([O-])O[NH+]([O-])N(C)C. The van der Waals surface area contributed by atoms with Gasteiger partial charge in [0, 0.05) is 33.1 Å². The Morgan fingerprint density at radius 2 is 1.18 bits per heavy atom. The molecule has 0 aromatic heterocycles. The second-order valence-corrected chi connectivity index (χ2v) is 2.42. The number of nitrogens with zero attached hydrogens (tertiary/aromatic N) is 2. The first kappa shape index (κ1) is 10.7. The van der Waals surface area contributed by atoms with Crippen molar-refractivity contribution in [3.8, 4) is 0 Å². The largest absolute Gasteiger partial charge is 0.575 e. The van der Waals surface area contributed by atoms with Gasteiger partial charge >= 0.3 is 0 Å². The molecular weight excluding hydrogens is 152 g/mol. The van der Waals surface area contributed by atoms with Crippen LogP contribution >= 0.6 is 0 Å². The van der Waals surface area contributed by atoms with Crippen LogP contribution in [0.15, 0.2) is 0 Å². The standard InChI is InChI=1S/C4H14N4O3/c1-5(2)7(9)11-8(10)6(3)4/h7-8H,1-4H3. The van der Waals surface area contributed by atoms with E-state index in [9.17, 15) is 10.4 Å². The molecule has 7 nitrogen and oxygen atoms in total. The van der Waals surface area contributed by atoms with Crippen LogP contribution in [0.25, 0.3) is 0 Å². The second kappa shape index (κ2) is 4.57. The molecule has 0 aliphatic heterocycles. The van der Waals surface area contributed by atoms with E-state index in [0.29, 0.717) is 0 Å². The Bertz CT molecular complexity index is 97.5. The molecule has 0 saturated carbocycles. The number of hydrogen-bond acceptors (Lipinski definition) is 5. The fraction of sp³-hybridized carbons (Fsp3) is 1.00. The number of nitrogens with one attached hydrogen (secondary N) is 2. The van der Waals surface area contributed by atoms with Crippen LogP contribution in [0.4, 0.5) is 0 Å². The van der Waals surface area contributed by atoms with Gasteiger partial charge in [0.15, 0.2) is 0 Å². The van der Waals surface area contributed by atoms with E-state index < -0.39 is 10.7 Å². The highest BCUT2D eigenvalue weighted by Crippen LogP contribution is 1.52. The molecule has 68 valence electrons. The van der Waals surface area contributed by atoms with Gasteiger partial charge in [-0.3, -0.25) is 0 Å². The smallest absolute Gasteiger partial charge is 0.0398 e. The van der Waals surface area contributed by atoms with Crippen LogP contribution in [0.2, 0.25) is 0 Å². The second-order valence-electron chi connectivity index (χ2n) is 2.42. The summed E-state index contributed by atoms with van der Waals surface area (Å²) in [6, 6.07) is 0. The maximum absolute atomic E-state index is 10.7. The predicted molar refractivity (Wildman–Crippen MR) is 37.1 cm³/mol. The molecule has 0 fully saturated rings. The van der Waals surface area contributed by atoms with Crippen molar-refractivity contribution in [3.63, 3.8) is 0 Å². The molecular formula is C4H14N4O3. The fourth-order valence-corrected chi connectivity index (χ4v) is 0.257. The molecule has 2 N–H and O–H groups in total. The molecule has 0 radical (unpaired) electrons. The summed E-state index contributed by atoms with van der Waals surface area (Å²) in [6.07, 6.45) is 0. The van der Waals surface area contributed by atoms with Gasteiger partial charge in [0.2, 0.25) is 0 Å². The summed E-state index contributed by atoms with van der Waals surface area (Å²) >= 11 is 0. The quantitative estimate of drug-likeness (QED) is 0.425. The zero-order valence-electron chi connectivity index (χ0n) is 7.12. The molecule has 2 atom stereocenters. The van der Waals surface area contributed by atoms with Crippen LogP contribution in [0.1, 0.15) is 0 Å². The van der Waals surface area contributed by atoms with Crippen LogP contribution in [-0.2, 0) is 4.94 Å². The summed E-state index contributed by atoms with van der Waals surface area (Å²) in [5.74, 6) is 0. The first-order chi connectivity index (χ1) is 4.95. The summed E-state index contributed by atoms with van der Waals surface area (Å²) in [6.45, 7) is 0. The molecule has 7 heteroatoms. The molecule has 0 aliphatic carbocycles. The average molecular weight is 166 g/mol. The Labute approximate surface area is 65.3 Å². The third-order valence-corrected chi connectivity index (χ3v) is 0.905. The van der Waals surface area contributed by atoms with Gasteiger partial charge in [-0.1, -0.05) is 10.7 Å². The highest BCUT2D eigenvalue weighted by atomic mass is 17.1. The lowest BCUT2D eigenvalue weighted by atomic mass is 11.2. The summed E-state index contributed by atoms with van der Waals surface area (Å²) in [5.41, 5.74) is 0. The molecule has 0 amide bonds. The molecule has 0 aromatic rings. The van der Waals surface area contributed by atoms with Gasteiger partial charge in [-0.15, -0.1) is 10.0 Å².